The SMILES string of the molecule is CC(C)(O)c1cnc(SN)s1.NC(=O)Nc1c2c(cc3c1CCO3)CCC2. The number of thiazole rings is 1. The van der Waals surface area contributed by atoms with Crippen LogP contribution in [-0.4, -0.2) is 22.7 Å². The lowest BCUT2D eigenvalue weighted by Gasteiger charge is -2.13. The van der Waals surface area contributed by atoms with Crippen LogP contribution in [0, 0.1) is 0 Å². The molecule has 1 aromatic heterocycles. The number of ether oxygens (including phenoxy) is 1. The number of aliphatic hydroxyl groups is 1. The molecule has 0 spiro atoms. The number of nitrogens with zero attached hydrogens (tertiary/aromatic N) is 1. The molecule has 1 aromatic carbocycles. The van der Waals surface area contributed by atoms with Gasteiger partial charge < -0.3 is 20.9 Å². The van der Waals surface area contributed by atoms with Crippen LogP contribution in [0.1, 0.15) is 41.8 Å². The third-order valence-corrected chi connectivity index (χ3v) is 6.46. The number of nitrogens with two attached hydrogens (primary N) is 2. The highest BCUT2D eigenvalue weighted by atomic mass is 32.2. The van der Waals surface area contributed by atoms with Gasteiger partial charge in [-0.25, -0.2) is 9.78 Å². The zero-order valence-corrected chi connectivity index (χ0v) is 17.0. The molecule has 0 unspecified atom stereocenters. The molecule has 0 bridgehead atoms. The highest BCUT2D eigenvalue weighted by Gasteiger charge is 2.25. The number of urea groups is 1. The number of anilines is 1. The molecule has 0 saturated heterocycles. The molecule has 0 atom stereocenters. The fourth-order valence-electron chi connectivity index (χ4n) is 3.27. The number of rotatable bonds is 3. The van der Waals surface area contributed by atoms with Crippen LogP contribution >= 0.6 is 23.3 Å². The van der Waals surface area contributed by atoms with E-state index in [4.69, 9.17) is 15.6 Å². The van der Waals surface area contributed by atoms with Crippen molar-refractivity contribution in [3.63, 3.8) is 0 Å². The number of amides is 2. The summed E-state index contributed by atoms with van der Waals surface area (Å²) >= 11 is 2.52. The second-order valence-electron chi connectivity index (χ2n) is 6.97. The maximum absolute atomic E-state index is 11.0. The van der Waals surface area contributed by atoms with Crippen molar-refractivity contribution in [3.8, 4) is 5.75 Å². The van der Waals surface area contributed by atoms with Gasteiger partial charge in [0.1, 0.15) is 5.75 Å². The van der Waals surface area contributed by atoms with Crippen LogP contribution in [0.25, 0.3) is 0 Å². The van der Waals surface area contributed by atoms with Crippen molar-refractivity contribution in [2.75, 3.05) is 11.9 Å². The van der Waals surface area contributed by atoms with Gasteiger partial charge in [0.05, 0.1) is 22.8 Å². The number of carbonyl (C=O) groups is 1. The Kier molecular flexibility index (Phi) is 5.95. The zero-order valence-electron chi connectivity index (χ0n) is 15.4. The molecule has 2 heterocycles. The maximum atomic E-state index is 11.0. The lowest BCUT2D eigenvalue weighted by molar-refractivity contribution is 0.0823. The molecule has 146 valence electrons. The van der Waals surface area contributed by atoms with E-state index in [9.17, 15) is 9.90 Å². The fourth-order valence-corrected chi connectivity index (χ4v) is 4.50. The van der Waals surface area contributed by atoms with Gasteiger partial charge in [-0.2, -0.15) is 0 Å². The van der Waals surface area contributed by atoms with Gasteiger partial charge >= 0.3 is 6.03 Å². The lowest BCUT2D eigenvalue weighted by atomic mass is 10.0. The Hall–Kier alpha value is -1.81. The third-order valence-electron chi connectivity index (χ3n) is 4.51. The number of hydrogen-bond donors (Lipinski definition) is 4. The van der Waals surface area contributed by atoms with E-state index >= 15 is 0 Å². The van der Waals surface area contributed by atoms with E-state index < -0.39 is 11.6 Å². The van der Waals surface area contributed by atoms with E-state index in [0.29, 0.717) is 6.61 Å². The second kappa shape index (κ2) is 8.05. The minimum atomic E-state index is -0.800. The first-order valence-corrected chi connectivity index (χ1v) is 10.4. The summed E-state index contributed by atoms with van der Waals surface area (Å²) in [6, 6.07) is 1.63. The molecular formula is C18H24N4O3S2. The van der Waals surface area contributed by atoms with Gasteiger partial charge in [0, 0.05) is 18.2 Å². The number of nitrogens with one attached hydrogen (secondary N) is 1. The van der Waals surface area contributed by atoms with Crippen molar-refractivity contribution in [2.45, 2.75) is 49.5 Å². The predicted molar refractivity (Wildman–Crippen MR) is 108 cm³/mol. The minimum Gasteiger partial charge on any atom is -0.493 e. The summed E-state index contributed by atoms with van der Waals surface area (Å²) in [5, 5.41) is 17.6. The average molecular weight is 409 g/mol. The molecule has 2 aromatic rings. The van der Waals surface area contributed by atoms with Crippen LogP contribution < -0.4 is 20.9 Å². The summed E-state index contributed by atoms with van der Waals surface area (Å²) in [4.78, 5) is 15.9. The minimum absolute atomic E-state index is 0.491. The Morgan fingerprint density at radius 3 is 2.74 bits per heavy atom. The van der Waals surface area contributed by atoms with E-state index in [1.165, 1.54) is 22.5 Å². The highest BCUT2D eigenvalue weighted by Crippen LogP contribution is 2.40. The van der Waals surface area contributed by atoms with E-state index in [0.717, 1.165) is 63.8 Å². The first-order valence-electron chi connectivity index (χ1n) is 8.72. The van der Waals surface area contributed by atoms with Crippen molar-refractivity contribution in [2.24, 2.45) is 10.9 Å². The molecule has 1 aliphatic heterocycles. The molecule has 0 fully saturated rings. The summed E-state index contributed by atoms with van der Waals surface area (Å²) in [7, 11) is 0. The Morgan fingerprint density at radius 2 is 2.15 bits per heavy atom. The van der Waals surface area contributed by atoms with E-state index in [2.05, 4.69) is 16.4 Å². The monoisotopic (exact) mass is 408 g/mol. The molecule has 9 heteroatoms. The molecule has 0 radical (unpaired) electrons. The molecule has 27 heavy (non-hydrogen) atoms. The van der Waals surface area contributed by atoms with Gasteiger partial charge in [-0.05, 0) is 62.3 Å². The molecule has 4 rings (SSSR count). The lowest BCUT2D eigenvalue weighted by Crippen LogP contribution is -2.21. The molecule has 7 nitrogen and oxygen atoms in total. The van der Waals surface area contributed by atoms with Gasteiger partial charge in [-0.15, -0.1) is 11.3 Å². The van der Waals surface area contributed by atoms with Crippen molar-refractivity contribution in [3.05, 3.63) is 33.8 Å². The standard InChI is InChI=1S/C12H14N2O2.C6H10N2OS2/c13-12(15)14-11-8-3-1-2-7(8)6-10-9(11)4-5-16-10;1-6(2,9)4-3-8-5(10-4)11-7/h6H,1-5H2,(H3,13,14,15);3,9H,7H2,1-2H3. The van der Waals surface area contributed by atoms with Crippen LogP contribution in [0.3, 0.4) is 0 Å². The number of benzene rings is 1. The van der Waals surface area contributed by atoms with Crippen molar-refractivity contribution < 1.29 is 14.6 Å². The van der Waals surface area contributed by atoms with Crippen LogP contribution in [0.4, 0.5) is 10.5 Å². The normalized spacial score (nSPS) is 14.7. The number of carbonyl (C=O) groups excluding carboxylic acids is 1. The molecular weight excluding hydrogens is 384 g/mol. The van der Waals surface area contributed by atoms with Crippen molar-refractivity contribution in [1.29, 1.82) is 0 Å². The first kappa shape index (κ1) is 19.9. The van der Waals surface area contributed by atoms with E-state index in [-0.39, 0.29) is 0 Å². The number of primary amides is 1. The third kappa shape index (κ3) is 4.55. The summed E-state index contributed by atoms with van der Waals surface area (Å²) in [5.41, 5.74) is 8.99. The Bertz CT molecular complexity index is 814. The van der Waals surface area contributed by atoms with Crippen LogP contribution in [-0.2, 0) is 24.9 Å². The van der Waals surface area contributed by atoms with Crippen LogP contribution in [0.5, 0.6) is 5.75 Å². The molecule has 1 aliphatic carbocycles. The Labute approximate surface area is 166 Å². The summed E-state index contributed by atoms with van der Waals surface area (Å²) < 4.78 is 6.33. The van der Waals surface area contributed by atoms with Gasteiger partial charge in [-0.3, -0.25) is 5.14 Å². The molecule has 6 N–H and O–H groups in total. The smallest absolute Gasteiger partial charge is 0.316 e. The Balaban J connectivity index is 0.000000168. The summed E-state index contributed by atoms with van der Waals surface area (Å²) in [5.74, 6) is 0.921. The molecule has 0 saturated carbocycles. The van der Waals surface area contributed by atoms with Crippen LogP contribution in [0.2, 0.25) is 0 Å². The second-order valence-corrected chi connectivity index (χ2v) is 8.89. The van der Waals surface area contributed by atoms with Gasteiger partial charge in [-0.1, -0.05) is 0 Å². The predicted octanol–water partition coefficient (Wildman–Crippen LogP) is 2.94. The number of hydrogen-bond acceptors (Lipinski definition) is 7. The molecule has 2 aliphatic rings. The van der Waals surface area contributed by atoms with E-state index in [1.807, 2.05) is 0 Å². The molecule has 2 amide bonds. The number of aromatic nitrogens is 1. The van der Waals surface area contributed by atoms with Gasteiger partial charge in [0.15, 0.2) is 4.34 Å². The Morgan fingerprint density at radius 1 is 1.37 bits per heavy atom. The topological polar surface area (TPSA) is 123 Å². The fraction of sp³-hybridized carbons (Fsp3) is 0.444. The van der Waals surface area contributed by atoms with Crippen molar-refractivity contribution >= 4 is 35.0 Å². The summed E-state index contributed by atoms with van der Waals surface area (Å²) in [6.07, 6.45) is 5.75. The van der Waals surface area contributed by atoms with E-state index in [1.54, 1.807) is 20.0 Å². The maximum Gasteiger partial charge on any atom is 0.316 e. The quantitative estimate of drug-likeness (QED) is 0.579. The van der Waals surface area contributed by atoms with Crippen LogP contribution in [0.15, 0.2) is 16.6 Å². The highest BCUT2D eigenvalue weighted by molar-refractivity contribution is 7.98. The number of aryl methyl sites for hydroxylation is 1. The van der Waals surface area contributed by atoms with Gasteiger partial charge in [0.2, 0.25) is 0 Å². The van der Waals surface area contributed by atoms with Crippen molar-refractivity contribution in [1.82, 2.24) is 4.98 Å². The zero-order chi connectivity index (χ0) is 19.6. The summed E-state index contributed by atoms with van der Waals surface area (Å²) in [6.45, 7) is 4.16. The van der Waals surface area contributed by atoms with Gasteiger partial charge in [0.25, 0.3) is 0 Å². The largest absolute Gasteiger partial charge is 0.493 e. The first-order chi connectivity index (χ1) is 12.8. The average Bonchev–Trinajstić information content (AvgIpc) is 3.33. The number of fused-ring (bicyclic) bond motifs is 2.